The number of ether oxygens (including phenoxy) is 2. The zero-order chi connectivity index (χ0) is 21.8. The summed E-state index contributed by atoms with van der Waals surface area (Å²) in [6, 6.07) is 13.8. The lowest BCUT2D eigenvalue weighted by molar-refractivity contribution is -0.0702. The fraction of sp³-hybridized carbons (Fsp3) is 0.615. The molecule has 5 rings (SSSR count). The third kappa shape index (κ3) is 5.08. The highest BCUT2D eigenvalue weighted by Gasteiger charge is 2.40. The number of benzene rings is 1. The molecule has 174 valence electrons. The van der Waals surface area contributed by atoms with Crippen molar-refractivity contribution in [3.63, 3.8) is 0 Å². The van der Waals surface area contributed by atoms with Crippen molar-refractivity contribution in [3.8, 4) is 5.75 Å². The summed E-state index contributed by atoms with van der Waals surface area (Å²) in [5.41, 5.74) is 1.30. The molecule has 6 heteroatoms. The molecule has 2 aromatic rings. The van der Waals surface area contributed by atoms with Gasteiger partial charge in [0.2, 0.25) is 0 Å². The number of anilines is 2. The van der Waals surface area contributed by atoms with Gasteiger partial charge in [-0.2, -0.15) is 0 Å². The van der Waals surface area contributed by atoms with Crippen LogP contribution in [0.3, 0.4) is 0 Å². The number of hydrogen-bond acceptors (Lipinski definition) is 6. The minimum atomic E-state index is 0.00856. The van der Waals surface area contributed by atoms with Crippen LogP contribution in [0.25, 0.3) is 0 Å². The molecule has 3 aliphatic heterocycles. The van der Waals surface area contributed by atoms with E-state index in [1.807, 2.05) is 11.3 Å². The Kier molecular flexibility index (Phi) is 6.91. The van der Waals surface area contributed by atoms with Crippen LogP contribution in [0.15, 0.2) is 41.8 Å². The van der Waals surface area contributed by atoms with Crippen LogP contribution in [0.1, 0.15) is 39.0 Å². The maximum absolute atomic E-state index is 6.35. The van der Waals surface area contributed by atoms with Gasteiger partial charge in [-0.25, -0.2) is 0 Å². The maximum Gasteiger partial charge on any atom is 0.119 e. The first-order valence-electron chi connectivity index (χ1n) is 12.4. The second-order valence-corrected chi connectivity index (χ2v) is 10.5. The van der Waals surface area contributed by atoms with Crippen LogP contribution in [-0.2, 0) is 4.74 Å². The molecule has 0 N–H and O–H groups in total. The van der Waals surface area contributed by atoms with Gasteiger partial charge < -0.3 is 24.2 Å². The minimum absolute atomic E-state index is 0.00856. The standard InChI is InChI=1S/C26H37N3O2S/c1-22-5-2-13-27(22)14-4-18-30-24-9-7-23(8-10-24)28-15-11-26(12-16-28)21-29(17-19-31-26)25-6-3-20-32-25/h3,6-10,20,22H,2,4-5,11-19,21H2,1H3/t22-/m1/s1. The van der Waals surface area contributed by atoms with Gasteiger partial charge in [-0.1, -0.05) is 0 Å². The number of likely N-dealkylation sites (tertiary alicyclic amines) is 1. The Hall–Kier alpha value is -1.76. The van der Waals surface area contributed by atoms with E-state index >= 15 is 0 Å². The van der Waals surface area contributed by atoms with Crippen LogP contribution in [0.4, 0.5) is 10.7 Å². The molecule has 0 amide bonds. The molecular formula is C26H37N3O2S. The molecule has 4 heterocycles. The van der Waals surface area contributed by atoms with Gasteiger partial charge in [0, 0.05) is 44.5 Å². The van der Waals surface area contributed by atoms with Gasteiger partial charge in [0.15, 0.2) is 0 Å². The lowest BCUT2D eigenvalue weighted by Gasteiger charge is -2.48. The van der Waals surface area contributed by atoms with E-state index in [2.05, 4.69) is 63.4 Å². The van der Waals surface area contributed by atoms with Crippen molar-refractivity contribution in [2.75, 3.05) is 62.3 Å². The highest BCUT2D eigenvalue weighted by Crippen LogP contribution is 2.35. The lowest BCUT2D eigenvalue weighted by atomic mass is 9.89. The highest BCUT2D eigenvalue weighted by atomic mass is 32.1. The summed E-state index contributed by atoms with van der Waals surface area (Å²) >= 11 is 1.83. The number of rotatable bonds is 7. The van der Waals surface area contributed by atoms with Crippen LogP contribution in [0.2, 0.25) is 0 Å². The number of hydrogen-bond donors (Lipinski definition) is 0. The Balaban J connectivity index is 1.08. The van der Waals surface area contributed by atoms with E-state index in [9.17, 15) is 0 Å². The van der Waals surface area contributed by atoms with Gasteiger partial charge in [0.1, 0.15) is 5.75 Å². The minimum Gasteiger partial charge on any atom is -0.494 e. The molecule has 0 saturated carbocycles. The molecule has 3 fully saturated rings. The van der Waals surface area contributed by atoms with E-state index in [0.29, 0.717) is 0 Å². The van der Waals surface area contributed by atoms with Gasteiger partial charge in [0.25, 0.3) is 0 Å². The molecular weight excluding hydrogens is 418 g/mol. The highest BCUT2D eigenvalue weighted by molar-refractivity contribution is 7.14. The fourth-order valence-electron chi connectivity index (χ4n) is 5.49. The predicted octanol–water partition coefficient (Wildman–Crippen LogP) is 4.88. The van der Waals surface area contributed by atoms with Crippen LogP contribution in [0.5, 0.6) is 5.75 Å². The molecule has 0 unspecified atom stereocenters. The van der Waals surface area contributed by atoms with Crippen molar-refractivity contribution in [2.45, 2.75) is 50.7 Å². The van der Waals surface area contributed by atoms with E-state index in [-0.39, 0.29) is 5.60 Å². The van der Waals surface area contributed by atoms with Gasteiger partial charge >= 0.3 is 0 Å². The smallest absolute Gasteiger partial charge is 0.119 e. The van der Waals surface area contributed by atoms with Gasteiger partial charge in [-0.05, 0) is 87.4 Å². The molecule has 3 saturated heterocycles. The average molecular weight is 456 g/mol. The molecule has 32 heavy (non-hydrogen) atoms. The third-order valence-electron chi connectivity index (χ3n) is 7.49. The Bertz CT molecular complexity index is 833. The zero-order valence-electron chi connectivity index (χ0n) is 19.4. The zero-order valence-corrected chi connectivity index (χ0v) is 20.2. The molecule has 1 aromatic heterocycles. The summed E-state index contributed by atoms with van der Waals surface area (Å²) in [4.78, 5) is 7.60. The van der Waals surface area contributed by atoms with E-state index in [0.717, 1.165) is 77.0 Å². The number of nitrogens with zero attached hydrogens (tertiary/aromatic N) is 3. The Morgan fingerprint density at radius 2 is 1.91 bits per heavy atom. The van der Waals surface area contributed by atoms with Crippen molar-refractivity contribution in [1.29, 1.82) is 0 Å². The van der Waals surface area contributed by atoms with Crippen molar-refractivity contribution in [3.05, 3.63) is 41.8 Å². The fourth-order valence-corrected chi connectivity index (χ4v) is 6.25. The Morgan fingerprint density at radius 1 is 1.06 bits per heavy atom. The molecule has 0 radical (unpaired) electrons. The average Bonchev–Trinajstić information content (AvgIpc) is 3.50. The Morgan fingerprint density at radius 3 is 2.62 bits per heavy atom. The number of piperidine rings is 1. The number of morpholine rings is 1. The largest absolute Gasteiger partial charge is 0.494 e. The van der Waals surface area contributed by atoms with Gasteiger partial charge in [-0.3, -0.25) is 0 Å². The first kappa shape index (κ1) is 22.1. The lowest BCUT2D eigenvalue weighted by Crippen LogP contribution is -2.57. The third-order valence-corrected chi connectivity index (χ3v) is 8.42. The summed E-state index contributed by atoms with van der Waals surface area (Å²) in [6.07, 6.45) is 5.96. The summed E-state index contributed by atoms with van der Waals surface area (Å²) < 4.78 is 12.4. The van der Waals surface area contributed by atoms with Gasteiger partial charge in [-0.15, -0.1) is 11.3 Å². The molecule has 0 bridgehead atoms. The van der Waals surface area contributed by atoms with E-state index in [1.54, 1.807) is 0 Å². The summed E-state index contributed by atoms with van der Waals surface area (Å²) in [6.45, 7) is 10.5. The predicted molar refractivity (Wildman–Crippen MR) is 133 cm³/mol. The molecule has 5 nitrogen and oxygen atoms in total. The van der Waals surface area contributed by atoms with Crippen LogP contribution < -0.4 is 14.5 Å². The molecule has 3 aliphatic rings. The molecule has 1 atom stereocenters. The van der Waals surface area contributed by atoms with Gasteiger partial charge in [0.05, 0.1) is 23.8 Å². The monoisotopic (exact) mass is 455 g/mol. The SMILES string of the molecule is C[C@@H]1CCCN1CCCOc1ccc(N2CCC3(CC2)CN(c2cccs2)CCO3)cc1. The van der Waals surface area contributed by atoms with Crippen LogP contribution >= 0.6 is 11.3 Å². The van der Waals surface area contributed by atoms with E-state index in [4.69, 9.17) is 9.47 Å². The van der Waals surface area contributed by atoms with Crippen molar-refractivity contribution >= 4 is 22.0 Å². The van der Waals surface area contributed by atoms with E-state index < -0.39 is 0 Å². The number of thiophene rings is 1. The summed E-state index contributed by atoms with van der Waals surface area (Å²) in [5, 5.41) is 3.54. The Labute approximate surface area is 196 Å². The quantitative estimate of drug-likeness (QED) is 0.555. The molecule has 1 spiro atoms. The normalized spacial score (nSPS) is 23.7. The van der Waals surface area contributed by atoms with Crippen molar-refractivity contribution in [1.82, 2.24) is 4.90 Å². The maximum atomic E-state index is 6.35. The summed E-state index contributed by atoms with van der Waals surface area (Å²) in [5.74, 6) is 0.985. The van der Waals surface area contributed by atoms with Crippen molar-refractivity contribution < 1.29 is 9.47 Å². The topological polar surface area (TPSA) is 28.2 Å². The molecule has 1 aromatic carbocycles. The second kappa shape index (κ2) is 10.0. The molecule has 0 aliphatic carbocycles. The summed E-state index contributed by atoms with van der Waals surface area (Å²) in [7, 11) is 0. The first-order valence-corrected chi connectivity index (χ1v) is 13.2. The van der Waals surface area contributed by atoms with Crippen molar-refractivity contribution in [2.24, 2.45) is 0 Å². The first-order chi connectivity index (χ1) is 15.7. The second-order valence-electron chi connectivity index (χ2n) is 9.61. The van der Waals surface area contributed by atoms with E-state index in [1.165, 1.54) is 30.1 Å². The van der Waals surface area contributed by atoms with Crippen LogP contribution in [-0.4, -0.2) is 69.0 Å². The van der Waals surface area contributed by atoms with Crippen LogP contribution in [0, 0.1) is 0 Å².